The minimum atomic E-state index is 0.469. The maximum atomic E-state index is 6.24. The summed E-state index contributed by atoms with van der Waals surface area (Å²) in [6, 6.07) is 5.71. The van der Waals surface area contributed by atoms with Gasteiger partial charge in [0.2, 0.25) is 0 Å². The molecule has 0 atom stereocenters. The molecular weight excluding hydrogens is 387 g/mol. The molecule has 2 aromatic rings. The van der Waals surface area contributed by atoms with E-state index in [1.807, 2.05) is 18.2 Å². The Hall–Kier alpha value is -0.850. The minimum absolute atomic E-state index is 0.469. The first-order chi connectivity index (χ1) is 9.63. The Kier molecular flexibility index (Phi) is 5.63. The molecule has 20 heavy (non-hydrogen) atoms. The van der Waals surface area contributed by atoms with E-state index in [9.17, 15) is 0 Å². The van der Waals surface area contributed by atoms with E-state index in [0.29, 0.717) is 11.6 Å². The number of hydrogen-bond acceptors (Lipinski definition) is 3. The van der Waals surface area contributed by atoms with Crippen molar-refractivity contribution in [2.75, 3.05) is 19.7 Å². The summed E-state index contributed by atoms with van der Waals surface area (Å²) in [6.45, 7) is 8.20. The van der Waals surface area contributed by atoms with E-state index >= 15 is 0 Å². The van der Waals surface area contributed by atoms with E-state index in [4.69, 9.17) is 16.3 Å². The van der Waals surface area contributed by atoms with Gasteiger partial charge in [0.25, 0.3) is 0 Å². The SMILES string of the molecule is C=C(CNCC)COc1c(I)cc(Cl)c2cccnc12. The monoisotopic (exact) mass is 402 g/mol. The Bertz CT molecular complexity index is 631. The van der Waals surface area contributed by atoms with Gasteiger partial charge in [-0.2, -0.15) is 0 Å². The maximum Gasteiger partial charge on any atom is 0.159 e. The van der Waals surface area contributed by atoms with Crippen LogP contribution in [-0.2, 0) is 0 Å². The normalized spacial score (nSPS) is 10.8. The standard InChI is InChI=1S/C15H16ClIN2O/c1-3-18-8-10(2)9-20-15-13(17)7-12(16)11-5-4-6-19-14(11)15/h4-7,18H,2-3,8-9H2,1H3. The summed E-state index contributed by atoms with van der Waals surface area (Å²) in [6.07, 6.45) is 1.75. The van der Waals surface area contributed by atoms with Crippen molar-refractivity contribution in [3.05, 3.63) is 45.1 Å². The highest BCUT2D eigenvalue weighted by Crippen LogP contribution is 2.34. The van der Waals surface area contributed by atoms with Gasteiger partial charge in [-0.1, -0.05) is 25.1 Å². The molecule has 0 unspecified atom stereocenters. The molecule has 0 aliphatic heterocycles. The van der Waals surface area contributed by atoms with E-state index in [0.717, 1.165) is 38.9 Å². The number of nitrogens with zero attached hydrogens (tertiary/aromatic N) is 1. The number of likely N-dealkylation sites (N-methyl/N-ethyl adjacent to an activating group) is 1. The van der Waals surface area contributed by atoms with E-state index in [-0.39, 0.29) is 0 Å². The molecule has 1 heterocycles. The summed E-state index contributed by atoms with van der Waals surface area (Å²) in [4.78, 5) is 4.38. The number of pyridine rings is 1. The third-order valence-electron chi connectivity index (χ3n) is 2.80. The number of hydrogen-bond donors (Lipinski definition) is 1. The number of aromatic nitrogens is 1. The molecule has 0 aliphatic carbocycles. The first kappa shape index (κ1) is 15.5. The third kappa shape index (κ3) is 3.62. The van der Waals surface area contributed by atoms with Gasteiger partial charge in [-0.05, 0) is 52.9 Å². The summed E-state index contributed by atoms with van der Waals surface area (Å²) < 4.78 is 6.85. The summed E-state index contributed by atoms with van der Waals surface area (Å²) >= 11 is 8.45. The quantitative estimate of drug-likeness (QED) is 0.585. The highest BCUT2D eigenvalue weighted by atomic mass is 127. The predicted molar refractivity (Wildman–Crippen MR) is 92.6 cm³/mol. The second-order valence-corrected chi connectivity index (χ2v) is 5.96. The molecule has 0 saturated carbocycles. The van der Waals surface area contributed by atoms with Crippen LogP contribution in [0.3, 0.4) is 0 Å². The van der Waals surface area contributed by atoms with Crippen molar-refractivity contribution in [1.82, 2.24) is 10.3 Å². The van der Waals surface area contributed by atoms with Gasteiger partial charge in [-0.25, -0.2) is 0 Å². The highest BCUT2D eigenvalue weighted by molar-refractivity contribution is 14.1. The van der Waals surface area contributed by atoms with Crippen LogP contribution >= 0.6 is 34.2 Å². The van der Waals surface area contributed by atoms with Gasteiger partial charge in [0.15, 0.2) is 5.75 Å². The zero-order valence-electron chi connectivity index (χ0n) is 11.2. The molecule has 0 amide bonds. The van der Waals surface area contributed by atoms with Crippen LogP contribution in [0, 0.1) is 3.57 Å². The lowest BCUT2D eigenvalue weighted by molar-refractivity contribution is 0.349. The van der Waals surface area contributed by atoms with E-state index in [1.165, 1.54) is 0 Å². The molecule has 1 aromatic heterocycles. The summed E-state index contributed by atoms with van der Waals surface area (Å²) in [5.74, 6) is 0.767. The summed E-state index contributed by atoms with van der Waals surface area (Å²) in [7, 11) is 0. The van der Waals surface area contributed by atoms with Crippen molar-refractivity contribution in [3.8, 4) is 5.75 Å². The van der Waals surface area contributed by atoms with Crippen molar-refractivity contribution < 1.29 is 4.74 Å². The second kappa shape index (κ2) is 7.24. The number of nitrogens with one attached hydrogen (secondary N) is 1. The molecule has 5 heteroatoms. The lowest BCUT2D eigenvalue weighted by Gasteiger charge is -2.13. The number of fused-ring (bicyclic) bond motifs is 1. The fourth-order valence-electron chi connectivity index (χ4n) is 1.81. The molecule has 3 nitrogen and oxygen atoms in total. The van der Waals surface area contributed by atoms with E-state index in [1.54, 1.807) is 6.20 Å². The van der Waals surface area contributed by atoms with Crippen LogP contribution in [0.2, 0.25) is 5.02 Å². The Morgan fingerprint density at radius 1 is 1.55 bits per heavy atom. The van der Waals surface area contributed by atoms with Crippen molar-refractivity contribution >= 4 is 45.1 Å². The number of benzene rings is 1. The molecule has 0 radical (unpaired) electrons. The van der Waals surface area contributed by atoms with Crippen molar-refractivity contribution in [1.29, 1.82) is 0 Å². The molecule has 106 valence electrons. The number of rotatable bonds is 6. The second-order valence-electron chi connectivity index (χ2n) is 4.39. The molecule has 0 saturated heterocycles. The molecule has 1 N–H and O–H groups in total. The summed E-state index contributed by atoms with van der Waals surface area (Å²) in [5.41, 5.74) is 1.79. The average molecular weight is 403 g/mol. The first-order valence-corrected chi connectivity index (χ1v) is 7.82. The Morgan fingerprint density at radius 2 is 2.35 bits per heavy atom. The van der Waals surface area contributed by atoms with Crippen LogP contribution < -0.4 is 10.1 Å². The molecule has 1 aromatic carbocycles. The van der Waals surface area contributed by atoms with Crippen LogP contribution in [0.1, 0.15) is 6.92 Å². The van der Waals surface area contributed by atoms with E-state index < -0.39 is 0 Å². The summed E-state index contributed by atoms with van der Waals surface area (Å²) in [5, 5.41) is 4.82. The number of halogens is 2. The highest BCUT2D eigenvalue weighted by Gasteiger charge is 2.12. The van der Waals surface area contributed by atoms with Crippen LogP contribution in [0.15, 0.2) is 36.5 Å². The lowest BCUT2D eigenvalue weighted by Crippen LogP contribution is -2.19. The lowest BCUT2D eigenvalue weighted by atomic mass is 10.2. The Balaban J connectivity index is 2.23. The zero-order chi connectivity index (χ0) is 14.5. The van der Waals surface area contributed by atoms with Gasteiger partial charge in [-0.15, -0.1) is 0 Å². The van der Waals surface area contributed by atoms with Gasteiger partial charge in [0, 0.05) is 18.1 Å². The number of ether oxygens (including phenoxy) is 1. The van der Waals surface area contributed by atoms with Crippen LogP contribution in [0.25, 0.3) is 10.9 Å². The molecule has 0 bridgehead atoms. The fourth-order valence-corrected chi connectivity index (χ4v) is 2.98. The van der Waals surface area contributed by atoms with Crippen molar-refractivity contribution in [3.63, 3.8) is 0 Å². The van der Waals surface area contributed by atoms with Crippen molar-refractivity contribution in [2.24, 2.45) is 0 Å². The van der Waals surface area contributed by atoms with Gasteiger partial charge in [-0.3, -0.25) is 4.98 Å². The Morgan fingerprint density at radius 3 is 3.10 bits per heavy atom. The largest absolute Gasteiger partial charge is 0.486 e. The predicted octanol–water partition coefficient (Wildman–Crippen LogP) is 4.04. The molecule has 0 fully saturated rings. The third-order valence-corrected chi connectivity index (χ3v) is 3.91. The Labute approximate surface area is 137 Å². The van der Waals surface area contributed by atoms with Crippen molar-refractivity contribution in [2.45, 2.75) is 6.92 Å². The van der Waals surface area contributed by atoms with Gasteiger partial charge < -0.3 is 10.1 Å². The molecule has 2 rings (SSSR count). The molecule has 0 aliphatic rings. The first-order valence-electron chi connectivity index (χ1n) is 6.36. The van der Waals surface area contributed by atoms with Gasteiger partial charge in [0.05, 0.1) is 8.59 Å². The van der Waals surface area contributed by atoms with E-state index in [2.05, 4.69) is 46.4 Å². The molecular formula is C15H16ClIN2O. The molecule has 0 spiro atoms. The van der Waals surface area contributed by atoms with Crippen LogP contribution in [0.4, 0.5) is 0 Å². The van der Waals surface area contributed by atoms with Crippen LogP contribution in [-0.4, -0.2) is 24.7 Å². The smallest absolute Gasteiger partial charge is 0.159 e. The van der Waals surface area contributed by atoms with Gasteiger partial charge >= 0.3 is 0 Å². The van der Waals surface area contributed by atoms with Gasteiger partial charge in [0.1, 0.15) is 12.1 Å². The zero-order valence-corrected chi connectivity index (χ0v) is 14.2. The van der Waals surface area contributed by atoms with Crippen LogP contribution in [0.5, 0.6) is 5.75 Å². The fraction of sp³-hybridized carbons (Fsp3) is 0.267. The topological polar surface area (TPSA) is 34.1 Å². The maximum absolute atomic E-state index is 6.24. The minimum Gasteiger partial charge on any atom is -0.486 e. The average Bonchev–Trinajstić information content (AvgIpc) is 2.45.